The number of anilines is 1. The fourth-order valence-corrected chi connectivity index (χ4v) is 2.11. The zero-order chi connectivity index (χ0) is 15.6. The van der Waals surface area contributed by atoms with Crippen LogP contribution in [-0.2, 0) is 9.53 Å². The number of fused-ring (bicyclic) bond motifs is 1. The first-order valence-electron chi connectivity index (χ1n) is 7.12. The van der Waals surface area contributed by atoms with Gasteiger partial charge in [-0.1, -0.05) is 27.7 Å². The van der Waals surface area contributed by atoms with Gasteiger partial charge in [0, 0.05) is 12.4 Å². The molecule has 0 aliphatic carbocycles. The second kappa shape index (κ2) is 6.11. The molecular formula is C15H22N4O2. The Morgan fingerprint density at radius 1 is 1.33 bits per heavy atom. The van der Waals surface area contributed by atoms with Crippen molar-refractivity contribution in [1.29, 1.82) is 0 Å². The number of nitrogens with one attached hydrogen (secondary N) is 1. The number of esters is 1. The van der Waals surface area contributed by atoms with Crippen LogP contribution in [0.15, 0.2) is 18.5 Å². The number of hydrogen-bond donors (Lipinski definition) is 1. The first kappa shape index (κ1) is 15.3. The van der Waals surface area contributed by atoms with Crippen LogP contribution in [0.2, 0.25) is 0 Å². The molecule has 1 atom stereocenters. The molecule has 0 radical (unpaired) electrons. The molecule has 2 heterocycles. The van der Waals surface area contributed by atoms with Gasteiger partial charge in [-0.3, -0.25) is 0 Å². The quantitative estimate of drug-likeness (QED) is 0.857. The summed E-state index contributed by atoms with van der Waals surface area (Å²) in [5.41, 5.74) is 1.85. The SMILES string of the molecule is COC(=O)C(Nc1nccn2nc(C(C)C)cc12)C(C)C. The number of nitrogens with zero attached hydrogens (tertiary/aromatic N) is 3. The predicted molar refractivity (Wildman–Crippen MR) is 81.3 cm³/mol. The highest BCUT2D eigenvalue weighted by atomic mass is 16.5. The molecule has 0 aromatic carbocycles. The lowest BCUT2D eigenvalue weighted by molar-refractivity contribution is -0.142. The highest BCUT2D eigenvalue weighted by molar-refractivity contribution is 5.81. The number of ether oxygens (including phenoxy) is 1. The molecule has 0 saturated heterocycles. The Balaban J connectivity index is 2.39. The number of rotatable bonds is 5. The molecule has 0 bridgehead atoms. The monoisotopic (exact) mass is 290 g/mol. The van der Waals surface area contributed by atoms with Crippen LogP contribution in [0, 0.1) is 5.92 Å². The minimum Gasteiger partial charge on any atom is -0.467 e. The Morgan fingerprint density at radius 2 is 2.05 bits per heavy atom. The number of methoxy groups -OCH3 is 1. The van der Waals surface area contributed by atoms with Crippen LogP contribution in [0.3, 0.4) is 0 Å². The Kier molecular flexibility index (Phi) is 4.45. The summed E-state index contributed by atoms with van der Waals surface area (Å²) < 4.78 is 6.63. The van der Waals surface area contributed by atoms with E-state index in [-0.39, 0.29) is 11.9 Å². The van der Waals surface area contributed by atoms with Crippen LogP contribution in [0.25, 0.3) is 5.52 Å². The summed E-state index contributed by atoms with van der Waals surface area (Å²) in [6, 6.07) is 1.56. The largest absolute Gasteiger partial charge is 0.467 e. The van der Waals surface area contributed by atoms with Crippen LogP contribution >= 0.6 is 0 Å². The van der Waals surface area contributed by atoms with Crippen molar-refractivity contribution in [3.05, 3.63) is 24.2 Å². The summed E-state index contributed by atoms with van der Waals surface area (Å²) in [4.78, 5) is 16.2. The molecule has 1 N–H and O–H groups in total. The summed E-state index contributed by atoms with van der Waals surface area (Å²) in [7, 11) is 1.39. The number of aromatic nitrogens is 3. The average Bonchev–Trinajstić information content (AvgIpc) is 2.88. The second-order valence-electron chi connectivity index (χ2n) is 5.72. The summed E-state index contributed by atoms with van der Waals surface area (Å²) >= 11 is 0. The van der Waals surface area contributed by atoms with Crippen LogP contribution in [0.1, 0.15) is 39.3 Å². The highest BCUT2D eigenvalue weighted by Crippen LogP contribution is 2.21. The Labute approximate surface area is 124 Å². The molecule has 114 valence electrons. The van der Waals surface area contributed by atoms with Crippen molar-refractivity contribution in [2.75, 3.05) is 12.4 Å². The number of carbonyl (C=O) groups excluding carboxylic acids is 1. The van der Waals surface area contributed by atoms with Crippen LogP contribution in [0.5, 0.6) is 0 Å². The second-order valence-corrected chi connectivity index (χ2v) is 5.72. The first-order chi connectivity index (χ1) is 9.93. The molecule has 2 aromatic heterocycles. The first-order valence-corrected chi connectivity index (χ1v) is 7.12. The lowest BCUT2D eigenvalue weighted by Crippen LogP contribution is -2.35. The molecule has 2 aromatic rings. The van der Waals surface area contributed by atoms with Crippen molar-refractivity contribution >= 4 is 17.3 Å². The van der Waals surface area contributed by atoms with Crippen molar-refractivity contribution in [2.45, 2.75) is 39.7 Å². The smallest absolute Gasteiger partial charge is 0.328 e. The lowest BCUT2D eigenvalue weighted by Gasteiger charge is -2.20. The van der Waals surface area contributed by atoms with E-state index in [0.717, 1.165) is 11.2 Å². The lowest BCUT2D eigenvalue weighted by atomic mass is 10.0. The fourth-order valence-electron chi connectivity index (χ4n) is 2.11. The molecule has 0 fully saturated rings. The molecule has 21 heavy (non-hydrogen) atoms. The van der Waals surface area contributed by atoms with Gasteiger partial charge in [0.25, 0.3) is 0 Å². The van der Waals surface area contributed by atoms with E-state index in [1.54, 1.807) is 16.9 Å². The van der Waals surface area contributed by atoms with Gasteiger partial charge in [0.1, 0.15) is 11.6 Å². The van der Waals surface area contributed by atoms with Gasteiger partial charge in [0.2, 0.25) is 0 Å². The van der Waals surface area contributed by atoms with Gasteiger partial charge >= 0.3 is 5.97 Å². The van der Waals surface area contributed by atoms with Crippen molar-refractivity contribution in [3.8, 4) is 0 Å². The van der Waals surface area contributed by atoms with Gasteiger partial charge in [-0.05, 0) is 17.9 Å². The van der Waals surface area contributed by atoms with Crippen molar-refractivity contribution in [2.24, 2.45) is 5.92 Å². The molecule has 0 amide bonds. The Hall–Kier alpha value is -2.11. The third kappa shape index (κ3) is 3.15. The zero-order valence-electron chi connectivity index (χ0n) is 13.1. The number of hydrogen-bond acceptors (Lipinski definition) is 5. The van der Waals surface area contributed by atoms with E-state index in [4.69, 9.17) is 4.74 Å². The summed E-state index contributed by atoms with van der Waals surface area (Å²) in [6.45, 7) is 8.11. The van der Waals surface area contributed by atoms with Crippen LogP contribution in [-0.4, -0.2) is 33.7 Å². The maximum absolute atomic E-state index is 11.9. The minimum absolute atomic E-state index is 0.0898. The summed E-state index contributed by atoms with van der Waals surface area (Å²) in [5.74, 6) is 0.768. The molecule has 2 rings (SSSR count). The molecule has 0 saturated carbocycles. The third-order valence-electron chi connectivity index (χ3n) is 3.41. The minimum atomic E-state index is -0.439. The van der Waals surface area contributed by atoms with Gasteiger partial charge in [0.05, 0.1) is 12.8 Å². The maximum atomic E-state index is 11.9. The van der Waals surface area contributed by atoms with E-state index in [1.807, 2.05) is 19.9 Å². The Bertz CT molecular complexity index is 634. The Morgan fingerprint density at radius 3 is 2.62 bits per heavy atom. The fraction of sp³-hybridized carbons (Fsp3) is 0.533. The van der Waals surface area contributed by atoms with E-state index in [0.29, 0.717) is 11.7 Å². The maximum Gasteiger partial charge on any atom is 0.328 e. The number of carbonyl (C=O) groups is 1. The third-order valence-corrected chi connectivity index (χ3v) is 3.41. The highest BCUT2D eigenvalue weighted by Gasteiger charge is 2.24. The van der Waals surface area contributed by atoms with Gasteiger partial charge in [0.15, 0.2) is 5.82 Å². The van der Waals surface area contributed by atoms with Crippen LogP contribution < -0.4 is 5.32 Å². The molecule has 6 heteroatoms. The molecule has 1 unspecified atom stereocenters. The van der Waals surface area contributed by atoms with Gasteiger partial charge in [-0.25, -0.2) is 14.3 Å². The normalized spacial score (nSPS) is 12.9. The van der Waals surface area contributed by atoms with Gasteiger partial charge in [-0.2, -0.15) is 5.10 Å². The van der Waals surface area contributed by atoms with Gasteiger partial charge < -0.3 is 10.1 Å². The van der Waals surface area contributed by atoms with Crippen LogP contribution in [0.4, 0.5) is 5.82 Å². The van der Waals surface area contributed by atoms with Crippen molar-refractivity contribution in [3.63, 3.8) is 0 Å². The van der Waals surface area contributed by atoms with E-state index in [2.05, 4.69) is 29.2 Å². The van der Waals surface area contributed by atoms with Crippen molar-refractivity contribution < 1.29 is 9.53 Å². The van der Waals surface area contributed by atoms with E-state index in [9.17, 15) is 4.79 Å². The topological polar surface area (TPSA) is 68.5 Å². The molecule has 0 aliphatic rings. The molecular weight excluding hydrogens is 268 g/mol. The summed E-state index contributed by atoms with van der Waals surface area (Å²) in [6.07, 6.45) is 3.47. The van der Waals surface area contributed by atoms with Crippen molar-refractivity contribution in [1.82, 2.24) is 14.6 Å². The van der Waals surface area contributed by atoms with E-state index in [1.165, 1.54) is 7.11 Å². The predicted octanol–water partition coefficient (Wildman–Crippen LogP) is 2.46. The standard InChI is InChI=1S/C15H22N4O2/c1-9(2)11-8-12-14(16-6-7-19(12)18-11)17-13(10(3)4)15(20)21-5/h6-10,13H,1-5H3,(H,16,17). The molecule has 0 aliphatic heterocycles. The summed E-state index contributed by atoms with van der Waals surface area (Å²) in [5, 5.41) is 7.69. The molecule has 0 spiro atoms. The zero-order valence-corrected chi connectivity index (χ0v) is 13.1. The van der Waals surface area contributed by atoms with Gasteiger partial charge in [-0.15, -0.1) is 0 Å². The molecule has 6 nitrogen and oxygen atoms in total. The average molecular weight is 290 g/mol. The van der Waals surface area contributed by atoms with E-state index >= 15 is 0 Å². The van der Waals surface area contributed by atoms with E-state index < -0.39 is 6.04 Å².